The molecule has 0 atom stereocenters. The zero-order chi connectivity index (χ0) is 13.7. The highest BCUT2D eigenvalue weighted by atomic mass is 19.1. The molecule has 2 rings (SSSR count). The van der Waals surface area contributed by atoms with Gasteiger partial charge in [0.1, 0.15) is 11.6 Å². The third-order valence-electron chi connectivity index (χ3n) is 3.13. The summed E-state index contributed by atoms with van der Waals surface area (Å²) in [5.74, 6) is 0.0195. The third-order valence-corrected chi connectivity index (χ3v) is 3.13. The number of ether oxygens (including phenoxy) is 1. The normalized spacial score (nSPS) is 14.7. The summed E-state index contributed by atoms with van der Waals surface area (Å²) < 4.78 is 18.8. The summed E-state index contributed by atoms with van der Waals surface area (Å²) in [5.41, 5.74) is 0.797. The monoisotopic (exact) mass is 266 g/mol. The topological polar surface area (TPSA) is 41.6 Å². The number of carbonyl (C=O) groups is 1. The van der Waals surface area contributed by atoms with Crippen molar-refractivity contribution < 1.29 is 13.9 Å². The number of halogens is 1. The van der Waals surface area contributed by atoms with Crippen LogP contribution in [0.3, 0.4) is 0 Å². The van der Waals surface area contributed by atoms with E-state index < -0.39 is 0 Å². The molecule has 1 aliphatic heterocycles. The molecule has 1 saturated heterocycles. The Morgan fingerprint density at radius 1 is 1.37 bits per heavy atom. The van der Waals surface area contributed by atoms with E-state index >= 15 is 0 Å². The van der Waals surface area contributed by atoms with Crippen LogP contribution >= 0.6 is 0 Å². The first-order valence-electron chi connectivity index (χ1n) is 6.53. The van der Waals surface area contributed by atoms with Crippen LogP contribution in [0.25, 0.3) is 0 Å². The van der Waals surface area contributed by atoms with E-state index in [1.165, 1.54) is 12.1 Å². The molecule has 0 unspecified atom stereocenters. The molecule has 1 heterocycles. The first-order chi connectivity index (χ1) is 9.19. The van der Waals surface area contributed by atoms with Crippen LogP contribution in [0.5, 0.6) is 5.75 Å². The van der Waals surface area contributed by atoms with Crippen LogP contribution in [0, 0.1) is 5.82 Å². The maximum Gasteiger partial charge on any atom is 0.260 e. The van der Waals surface area contributed by atoms with Crippen LogP contribution in [0.2, 0.25) is 0 Å². The standard InChI is InChI=1S/C14H19FN2O2/c1-16-9-11-6-12(15)8-13(7-11)19-10-14(18)17-4-2-3-5-17/h6-8,16H,2-5,9-10H2,1H3. The SMILES string of the molecule is CNCc1cc(F)cc(OCC(=O)N2CCCC2)c1. The van der Waals surface area contributed by atoms with Gasteiger partial charge in [-0.25, -0.2) is 4.39 Å². The van der Waals surface area contributed by atoms with Crippen molar-refractivity contribution in [1.29, 1.82) is 0 Å². The molecule has 1 aromatic rings. The molecule has 0 saturated carbocycles. The third kappa shape index (κ3) is 3.92. The Hall–Kier alpha value is -1.62. The fraction of sp³-hybridized carbons (Fsp3) is 0.500. The Kier molecular flexibility index (Phi) is 4.74. The van der Waals surface area contributed by atoms with Gasteiger partial charge in [0.05, 0.1) is 0 Å². The zero-order valence-electron chi connectivity index (χ0n) is 11.1. The van der Waals surface area contributed by atoms with E-state index in [2.05, 4.69) is 5.32 Å². The molecular formula is C14H19FN2O2. The average Bonchev–Trinajstić information content (AvgIpc) is 2.89. The number of hydrogen-bond acceptors (Lipinski definition) is 3. The largest absolute Gasteiger partial charge is 0.484 e. The second kappa shape index (κ2) is 6.52. The summed E-state index contributed by atoms with van der Waals surface area (Å²) in [6, 6.07) is 4.50. The molecule has 0 aromatic heterocycles. The molecule has 0 spiro atoms. The minimum Gasteiger partial charge on any atom is -0.484 e. The van der Waals surface area contributed by atoms with Gasteiger partial charge >= 0.3 is 0 Å². The summed E-state index contributed by atoms with van der Waals surface area (Å²) >= 11 is 0. The molecule has 1 fully saturated rings. The van der Waals surface area contributed by atoms with Gasteiger partial charge in [0.2, 0.25) is 0 Å². The summed E-state index contributed by atoms with van der Waals surface area (Å²) in [7, 11) is 1.79. The van der Waals surface area contributed by atoms with Crippen molar-refractivity contribution in [2.75, 3.05) is 26.7 Å². The van der Waals surface area contributed by atoms with Crippen LogP contribution in [-0.2, 0) is 11.3 Å². The maximum atomic E-state index is 13.4. The Bertz CT molecular complexity index is 445. The average molecular weight is 266 g/mol. The Morgan fingerprint density at radius 3 is 2.79 bits per heavy atom. The fourth-order valence-electron chi connectivity index (χ4n) is 2.21. The number of hydrogen-bond donors (Lipinski definition) is 1. The summed E-state index contributed by atoms with van der Waals surface area (Å²) in [6.07, 6.45) is 2.11. The molecule has 5 heteroatoms. The van der Waals surface area contributed by atoms with E-state index in [-0.39, 0.29) is 18.3 Å². The lowest BCUT2D eigenvalue weighted by atomic mass is 10.2. The second-order valence-electron chi connectivity index (χ2n) is 4.70. The lowest BCUT2D eigenvalue weighted by molar-refractivity contribution is -0.132. The predicted molar refractivity (Wildman–Crippen MR) is 70.5 cm³/mol. The van der Waals surface area contributed by atoms with Crippen molar-refractivity contribution in [3.8, 4) is 5.75 Å². The number of nitrogens with one attached hydrogen (secondary N) is 1. The van der Waals surface area contributed by atoms with Crippen LogP contribution < -0.4 is 10.1 Å². The van der Waals surface area contributed by atoms with E-state index in [1.807, 2.05) is 0 Å². The lowest BCUT2D eigenvalue weighted by Gasteiger charge is -2.15. The van der Waals surface area contributed by atoms with Crippen molar-refractivity contribution >= 4 is 5.91 Å². The summed E-state index contributed by atoms with van der Waals surface area (Å²) in [4.78, 5) is 13.6. The minimum atomic E-state index is -0.351. The predicted octanol–water partition coefficient (Wildman–Crippen LogP) is 1.55. The quantitative estimate of drug-likeness (QED) is 0.879. The van der Waals surface area contributed by atoms with Crippen molar-refractivity contribution in [2.24, 2.45) is 0 Å². The van der Waals surface area contributed by atoms with Gasteiger partial charge < -0.3 is 15.0 Å². The molecule has 104 valence electrons. The molecule has 0 aliphatic carbocycles. The van der Waals surface area contributed by atoms with Gasteiger partial charge in [0.25, 0.3) is 5.91 Å². The summed E-state index contributed by atoms with van der Waals surface area (Å²) in [6.45, 7) is 2.14. The van der Waals surface area contributed by atoms with E-state index in [0.29, 0.717) is 12.3 Å². The molecule has 1 aromatic carbocycles. The van der Waals surface area contributed by atoms with E-state index in [9.17, 15) is 9.18 Å². The van der Waals surface area contributed by atoms with Crippen molar-refractivity contribution in [2.45, 2.75) is 19.4 Å². The van der Waals surface area contributed by atoms with Gasteiger partial charge in [-0.15, -0.1) is 0 Å². The molecule has 0 radical (unpaired) electrons. The van der Waals surface area contributed by atoms with Gasteiger partial charge in [-0.1, -0.05) is 0 Å². The highest BCUT2D eigenvalue weighted by Gasteiger charge is 2.18. The van der Waals surface area contributed by atoms with Gasteiger partial charge in [-0.2, -0.15) is 0 Å². The Labute approximate surface area is 112 Å². The number of likely N-dealkylation sites (tertiary alicyclic amines) is 1. The molecular weight excluding hydrogens is 247 g/mol. The maximum absolute atomic E-state index is 13.4. The Balaban J connectivity index is 1.92. The Morgan fingerprint density at radius 2 is 2.11 bits per heavy atom. The summed E-state index contributed by atoms with van der Waals surface area (Å²) in [5, 5.41) is 2.95. The zero-order valence-corrected chi connectivity index (χ0v) is 11.1. The van der Waals surface area contributed by atoms with Crippen molar-refractivity contribution in [3.05, 3.63) is 29.6 Å². The van der Waals surface area contributed by atoms with E-state index in [0.717, 1.165) is 31.5 Å². The smallest absolute Gasteiger partial charge is 0.260 e. The fourth-order valence-corrected chi connectivity index (χ4v) is 2.21. The molecule has 1 aliphatic rings. The van der Waals surface area contributed by atoms with E-state index in [4.69, 9.17) is 4.74 Å². The molecule has 0 bridgehead atoms. The van der Waals surface area contributed by atoms with Crippen LogP contribution in [0.1, 0.15) is 18.4 Å². The molecule has 4 nitrogen and oxygen atoms in total. The number of rotatable bonds is 5. The van der Waals surface area contributed by atoms with Gasteiger partial charge in [-0.3, -0.25) is 4.79 Å². The first-order valence-corrected chi connectivity index (χ1v) is 6.53. The van der Waals surface area contributed by atoms with Gasteiger partial charge in [0, 0.05) is 25.7 Å². The number of nitrogens with zero attached hydrogens (tertiary/aromatic N) is 1. The van der Waals surface area contributed by atoms with Crippen LogP contribution in [0.15, 0.2) is 18.2 Å². The number of benzene rings is 1. The highest BCUT2D eigenvalue weighted by molar-refractivity contribution is 5.78. The van der Waals surface area contributed by atoms with Crippen molar-refractivity contribution in [1.82, 2.24) is 10.2 Å². The molecule has 19 heavy (non-hydrogen) atoms. The second-order valence-corrected chi connectivity index (χ2v) is 4.70. The minimum absolute atomic E-state index is 0.0254. The molecule has 1 amide bonds. The number of amides is 1. The molecule has 1 N–H and O–H groups in total. The van der Waals surface area contributed by atoms with Crippen LogP contribution in [0.4, 0.5) is 4.39 Å². The van der Waals surface area contributed by atoms with Gasteiger partial charge in [0.15, 0.2) is 6.61 Å². The first kappa shape index (κ1) is 13.8. The van der Waals surface area contributed by atoms with Crippen LogP contribution in [-0.4, -0.2) is 37.6 Å². The van der Waals surface area contributed by atoms with Crippen molar-refractivity contribution in [3.63, 3.8) is 0 Å². The van der Waals surface area contributed by atoms with Gasteiger partial charge in [-0.05, 0) is 37.6 Å². The number of carbonyl (C=O) groups excluding carboxylic acids is 1. The van der Waals surface area contributed by atoms with E-state index in [1.54, 1.807) is 18.0 Å². The lowest BCUT2D eigenvalue weighted by Crippen LogP contribution is -2.32. The highest BCUT2D eigenvalue weighted by Crippen LogP contribution is 2.17.